The zero-order valence-corrected chi connectivity index (χ0v) is 4.66. The van der Waals surface area contributed by atoms with E-state index in [0.29, 0.717) is 6.61 Å². The average molecular weight is 150 g/mol. The molecule has 0 radical (unpaired) electrons. The normalized spacial score (nSPS) is 19.8. The molecule has 0 atom stereocenters. The molecule has 0 aliphatic carbocycles. The molecule has 0 spiro atoms. The van der Waals surface area contributed by atoms with Gasteiger partial charge in [0.25, 0.3) is 0 Å². The minimum atomic E-state index is 0.653. The first kappa shape index (κ1) is 4.15. The van der Waals surface area contributed by atoms with Gasteiger partial charge in [0.15, 0.2) is 0 Å². The highest BCUT2D eigenvalue weighted by Crippen LogP contribution is 2.06. The molecule has 0 amide bonds. The predicted molar refractivity (Wildman–Crippen MR) is 26.1 cm³/mol. The summed E-state index contributed by atoms with van der Waals surface area (Å²) in [5.41, 5.74) is 2.56. The van der Waals surface area contributed by atoms with E-state index < -0.39 is 0 Å². The SMILES string of the molecule is BrC1=CNOC1. The molecule has 1 heterocycles. The van der Waals surface area contributed by atoms with Crippen LogP contribution in [0.1, 0.15) is 0 Å². The summed E-state index contributed by atoms with van der Waals surface area (Å²) >= 11 is 3.21. The van der Waals surface area contributed by atoms with Gasteiger partial charge in [0.2, 0.25) is 0 Å². The maximum Gasteiger partial charge on any atom is 0.108 e. The highest BCUT2D eigenvalue weighted by atomic mass is 79.9. The van der Waals surface area contributed by atoms with Crippen LogP contribution in [0.5, 0.6) is 0 Å². The van der Waals surface area contributed by atoms with Gasteiger partial charge in [-0.2, -0.15) is 0 Å². The molecule has 0 bridgehead atoms. The molecule has 1 rings (SSSR count). The number of nitrogens with one attached hydrogen (secondary N) is 1. The number of rotatable bonds is 0. The number of halogens is 1. The van der Waals surface area contributed by atoms with Crippen molar-refractivity contribution in [3.8, 4) is 0 Å². The van der Waals surface area contributed by atoms with Crippen LogP contribution in [0.25, 0.3) is 0 Å². The van der Waals surface area contributed by atoms with Crippen molar-refractivity contribution in [1.82, 2.24) is 5.48 Å². The van der Waals surface area contributed by atoms with Gasteiger partial charge in [0.1, 0.15) is 6.61 Å². The molecule has 0 saturated heterocycles. The van der Waals surface area contributed by atoms with Crippen LogP contribution < -0.4 is 5.48 Å². The first-order valence-electron chi connectivity index (χ1n) is 1.61. The zero-order chi connectivity index (χ0) is 4.41. The highest BCUT2D eigenvalue weighted by molar-refractivity contribution is 9.11. The predicted octanol–water partition coefficient (Wildman–Crippen LogP) is 0.757. The molecule has 0 aromatic carbocycles. The van der Waals surface area contributed by atoms with Crippen molar-refractivity contribution >= 4 is 15.9 Å². The average Bonchev–Trinajstić information content (AvgIpc) is 1.86. The summed E-state index contributed by atoms with van der Waals surface area (Å²) in [5.74, 6) is 0. The Morgan fingerprint density at radius 2 is 2.83 bits per heavy atom. The summed E-state index contributed by atoms with van der Waals surface area (Å²) in [6.45, 7) is 0.653. The van der Waals surface area contributed by atoms with E-state index in [9.17, 15) is 0 Å². The Morgan fingerprint density at radius 1 is 2.00 bits per heavy atom. The Balaban J connectivity index is 2.45. The van der Waals surface area contributed by atoms with Crippen LogP contribution in [-0.4, -0.2) is 6.61 Å². The molecule has 0 unspecified atom stereocenters. The quantitative estimate of drug-likeness (QED) is 0.550. The van der Waals surface area contributed by atoms with Crippen molar-refractivity contribution in [1.29, 1.82) is 0 Å². The van der Waals surface area contributed by atoms with Gasteiger partial charge >= 0.3 is 0 Å². The molecule has 3 heteroatoms. The lowest BCUT2D eigenvalue weighted by Gasteiger charge is -1.83. The lowest BCUT2D eigenvalue weighted by molar-refractivity contribution is 0.115. The van der Waals surface area contributed by atoms with E-state index >= 15 is 0 Å². The lowest BCUT2D eigenvalue weighted by atomic mass is 10.7. The van der Waals surface area contributed by atoms with E-state index in [2.05, 4.69) is 26.2 Å². The zero-order valence-electron chi connectivity index (χ0n) is 3.07. The van der Waals surface area contributed by atoms with E-state index in [-0.39, 0.29) is 0 Å². The van der Waals surface area contributed by atoms with E-state index in [1.54, 1.807) is 6.20 Å². The van der Waals surface area contributed by atoms with E-state index in [1.807, 2.05) is 0 Å². The number of hydrogen-bond donors (Lipinski definition) is 1. The fourth-order valence-corrected chi connectivity index (χ4v) is 0.466. The van der Waals surface area contributed by atoms with Gasteiger partial charge in [-0.05, 0) is 0 Å². The summed E-state index contributed by atoms with van der Waals surface area (Å²) in [4.78, 5) is 4.67. The summed E-state index contributed by atoms with van der Waals surface area (Å²) < 4.78 is 1.06. The Morgan fingerprint density at radius 3 is 3.00 bits per heavy atom. The van der Waals surface area contributed by atoms with Crippen LogP contribution in [0.2, 0.25) is 0 Å². The van der Waals surface area contributed by atoms with E-state index in [1.165, 1.54) is 0 Å². The lowest BCUT2D eigenvalue weighted by Crippen LogP contribution is -1.96. The summed E-state index contributed by atoms with van der Waals surface area (Å²) in [6, 6.07) is 0. The summed E-state index contributed by atoms with van der Waals surface area (Å²) in [5, 5.41) is 0. The molecule has 0 saturated carbocycles. The topological polar surface area (TPSA) is 21.3 Å². The van der Waals surface area contributed by atoms with Crippen molar-refractivity contribution in [2.75, 3.05) is 6.61 Å². The minimum Gasteiger partial charge on any atom is -0.273 e. The minimum absolute atomic E-state index is 0.653. The van der Waals surface area contributed by atoms with Crippen LogP contribution in [0.3, 0.4) is 0 Å². The number of hydrogen-bond acceptors (Lipinski definition) is 2. The molecule has 1 aliphatic rings. The van der Waals surface area contributed by atoms with Crippen molar-refractivity contribution < 1.29 is 4.84 Å². The highest BCUT2D eigenvalue weighted by Gasteiger charge is 1.95. The van der Waals surface area contributed by atoms with E-state index in [0.717, 1.165) is 4.48 Å². The second kappa shape index (κ2) is 1.62. The van der Waals surface area contributed by atoms with Crippen LogP contribution in [0.4, 0.5) is 0 Å². The molecular weight excluding hydrogens is 146 g/mol. The Hall–Kier alpha value is -0.0200. The van der Waals surface area contributed by atoms with Crippen molar-refractivity contribution in [3.05, 3.63) is 10.7 Å². The molecule has 0 aromatic heterocycles. The second-order valence-electron chi connectivity index (χ2n) is 0.998. The smallest absolute Gasteiger partial charge is 0.108 e. The number of hydroxylamine groups is 1. The molecule has 1 N–H and O–H groups in total. The Kier molecular flexibility index (Phi) is 1.12. The third-order valence-electron chi connectivity index (χ3n) is 0.509. The fraction of sp³-hybridized carbons (Fsp3) is 0.333. The molecule has 34 valence electrons. The van der Waals surface area contributed by atoms with Gasteiger partial charge in [-0.25, -0.2) is 0 Å². The van der Waals surface area contributed by atoms with Gasteiger partial charge in [0.05, 0.1) is 0 Å². The van der Waals surface area contributed by atoms with Crippen LogP contribution >= 0.6 is 15.9 Å². The van der Waals surface area contributed by atoms with Crippen LogP contribution in [0.15, 0.2) is 10.7 Å². The van der Waals surface area contributed by atoms with Crippen molar-refractivity contribution in [2.45, 2.75) is 0 Å². The van der Waals surface area contributed by atoms with Crippen LogP contribution in [0, 0.1) is 0 Å². The Bertz CT molecular complexity index is 80.9. The molecule has 2 nitrogen and oxygen atoms in total. The molecule has 1 aliphatic heterocycles. The third kappa shape index (κ3) is 0.725. The molecular formula is C3H4BrNO. The van der Waals surface area contributed by atoms with Gasteiger partial charge in [-0.1, -0.05) is 15.9 Å². The standard InChI is InChI=1S/C3H4BrNO/c4-3-1-5-6-2-3/h1,5H,2H2. The monoisotopic (exact) mass is 149 g/mol. The third-order valence-corrected chi connectivity index (χ3v) is 0.967. The second-order valence-corrected chi connectivity index (χ2v) is 2.02. The van der Waals surface area contributed by atoms with Crippen molar-refractivity contribution in [2.24, 2.45) is 0 Å². The van der Waals surface area contributed by atoms with E-state index in [4.69, 9.17) is 0 Å². The maximum absolute atomic E-state index is 4.67. The van der Waals surface area contributed by atoms with Gasteiger partial charge in [-0.3, -0.25) is 10.3 Å². The maximum atomic E-state index is 4.67. The molecule has 0 aromatic rings. The van der Waals surface area contributed by atoms with Crippen LogP contribution in [-0.2, 0) is 4.84 Å². The summed E-state index contributed by atoms with van der Waals surface area (Å²) in [7, 11) is 0. The Labute approximate surface area is 44.3 Å². The van der Waals surface area contributed by atoms with Crippen molar-refractivity contribution in [3.63, 3.8) is 0 Å². The molecule has 6 heavy (non-hydrogen) atoms. The van der Waals surface area contributed by atoms with Gasteiger partial charge < -0.3 is 0 Å². The largest absolute Gasteiger partial charge is 0.273 e. The van der Waals surface area contributed by atoms with Gasteiger partial charge in [-0.15, -0.1) is 0 Å². The molecule has 0 fully saturated rings. The summed E-state index contributed by atoms with van der Waals surface area (Å²) in [6.07, 6.45) is 1.76. The first-order chi connectivity index (χ1) is 2.89. The van der Waals surface area contributed by atoms with Gasteiger partial charge in [0, 0.05) is 10.7 Å². The first-order valence-corrected chi connectivity index (χ1v) is 2.41. The fourth-order valence-electron chi connectivity index (χ4n) is 0.258.